The summed E-state index contributed by atoms with van der Waals surface area (Å²) in [4.78, 5) is 22.3. The fourth-order valence-corrected chi connectivity index (χ4v) is 2.44. The van der Waals surface area contributed by atoms with Crippen LogP contribution >= 0.6 is 36.2 Å². The van der Waals surface area contributed by atoms with Crippen molar-refractivity contribution < 1.29 is 4.79 Å². The molecule has 0 radical (unpaired) electrons. The van der Waals surface area contributed by atoms with Gasteiger partial charge in [-0.1, -0.05) is 6.07 Å². The molecule has 5 nitrogen and oxygen atoms in total. The monoisotopic (exact) mass is 348 g/mol. The third-order valence-corrected chi connectivity index (χ3v) is 3.51. The SMILES string of the molecule is CN(Cc1ccccn1)C(=O)c1csc(CCN)n1.Cl.Cl. The Bertz CT molecular complexity index is 550. The first-order chi connectivity index (χ1) is 9.20. The van der Waals surface area contributed by atoms with Gasteiger partial charge in [0.15, 0.2) is 0 Å². The molecule has 0 bridgehead atoms. The summed E-state index contributed by atoms with van der Waals surface area (Å²) in [6.45, 7) is 1.02. The van der Waals surface area contributed by atoms with Crippen LogP contribution in [0.1, 0.15) is 21.2 Å². The zero-order valence-electron chi connectivity index (χ0n) is 11.6. The third kappa shape index (κ3) is 5.59. The van der Waals surface area contributed by atoms with Gasteiger partial charge in [0.05, 0.1) is 17.2 Å². The van der Waals surface area contributed by atoms with Crippen LogP contribution in [-0.2, 0) is 13.0 Å². The zero-order chi connectivity index (χ0) is 13.7. The van der Waals surface area contributed by atoms with E-state index in [-0.39, 0.29) is 30.7 Å². The van der Waals surface area contributed by atoms with Gasteiger partial charge in [-0.2, -0.15) is 0 Å². The predicted molar refractivity (Wildman–Crippen MR) is 89.4 cm³/mol. The molecule has 0 fully saturated rings. The topological polar surface area (TPSA) is 72.1 Å². The minimum atomic E-state index is -0.0924. The fourth-order valence-electron chi connectivity index (χ4n) is 1.65. The van der Waals surface area contributed by atoms with Crippen molar-refractivity contribution in [2.24, 2.45) is 5.73 Å². The van der Waals surface area contributed by atoms with Crippen LogP contribution in [0, 0.1) is 0 Å². The van der Waals surface area contributed by atoms with Crippen molar-refractivity contribution in [2.45, 2.75) is 13.0 Å². The van der Waals surface area contributed by atoms with Crippen molar-refractivity contribution >= 4 is 42.1 Å². The molecule has 0 aliphatic rings. The molecule has 116 valence electrons. The lowest BCUT2D eigenvalue weighted by atomic mass is 10.3. The summed E-state index contributed by atoms with van der Waals surface area (Å²) in [7, 11) is 1.75. The van der Waals surface area contributed by atoms with E-state index in [9.17, 15) is 4.79 Å². The van der Waals surface area contributed by atoms with E-state index < -0.39 is 0 Å². The summed E-state index contributed by atoms with van der Waals surface area (Å²) in [5, 5.41) is 2.68. The molecule has 21 heavy (non-hydrogen) atoms. The summed E-state index contributed by atoms with van der Waals surface area (Å²) in [6.07, 6.45) is 2.43. The van der Waals surface area contributed by atoms with E-state index >= 15 is 0 Å². The van der Waals surface area contributed by atoms with Gasteiger partial charge in [-0.05, 0) is 18.7 Å². The molecular weight excluding hydrogens is 331 g/mol. The molecule has 2 aromatic rings. The Morgan fingerprint density at radius 3 is 2.76 bits per heavy atom. The summed E-state index contributed by atoms with van der Waals surface area (Å²) >= 11 is 1.47. The van der Waals surface area contributed by atoms with Crippen molar-refractivity contribution in [1.82, 2.24) is 14.9 Å². The number of carbonyl (C=O) groups excluding carboxylic acids is 1. The molecule has 8 heteroatoms. The lowest BCUT2D eigenvalue weighted by Crippen LogP contribution is -2.26. The Labute approximate surface area is 140 Å². The first kappa shape index (κ1) is 19.8. The summed E-state index contributed by atoms with van der Waals surface area (Å²) in [6, 6.07) is 5.65. The third-order valence-electron chi connectivity index (χ3n) is 2.60. The van der Waals surface area contributed by atoms with Crippen molar-refractivity contribution in [3.05, 3.63) is 46.2 Å². The Hall–Kier alpha value is -1.21. The van der Waals surface area contributed by atoms with Gasteiger partial charge in [-0.3, -0.25) is 9.78 Å². The highest BCUT2D eigenvalue weighted by molar-refractivity contribution is 7.09. The van der Waals surface area contributed by atoms with E-state index in [0.29, 0.717) is 25.2 Å². The lowest BCUT2D eigenvalue weighted by molar-refractivity contribution is 0.0778. The van der Waals surface area contributed by atoms with Crippen LogP contribution in [0.15, 0.2) is 29.8 Å². The van der Waals surface area contributed by atoms with Crippen LogP contribution in [0.3, 0.4) is 0 Å². The summed E-state index contributed by atoms with van der Waals surface area (Å²) in [5.41, 5.74) is 6.81. The normalized spacial score (nSPS) is 9.43. The van der Waals surface area contributed by atoms with E-state index in [1.54, 1.807) is 23.5 Å². The number of pyridine rings is 1. The van der Waals surface area contributed by atoms with Crippen LogP contribution in [0.2, 0.25) is 0 Å². The second-order valence-corrected chi connectivity index (χ2v) is 5.09. The Morgan fingerprint density at radius 2 is 2.14 bits per heavy atom. The number of hydrogen-bond acceptors (Lipinski definition) is 5. The highest BCUT2D eigenvalue weighted by atomic mass is 35.5. The average molecular weight is 349 g/mol. The van der Waals surface area contributed by atoms with E-state index in [2.05, 4.69) is 9.97 Å². The molecule has 0 saturated carbocycles. The average Bonchev–Trinajstić information content (AvgIpc) is 2.88. The molecule has 0 saturated heterocycles. The number of aromatic nitrogens is 2. The summed E-state index contributed by atoms with van der Waals surface area (Å²) in [5.74, 6) is -0.0924. The van der Waals surface area contributed by atoms with Gasteiger partial charge < -0.3 is 10.6 Å². The van der Waals surface area contributed by atoms with E-state index in [1.807, 2.05) is 18.2 Å². The zero-order valence-corrected chi connectivity index (χ0v) is 14.0. The second-order valence-electron chi connectivity index (χ2n) is 4.15. The van der Waals surface area contributed by atoms with E-state index in [4.69, 9.17) is 5.73 Å². The van der Waals surface area contributed by atoms with Crippen molar-refractivity contribution in [2.75, 3.05) is 13.6 Å². The fraction of sp³-hybridized carbons (Fsp3) is 0.308. The van der Waals surface area contributed by atoms with Gasteiger partial charge in [0.25, 0.3) is 5.91 Å². The standard InChI is InChI=1S/C13H16N4OS.2ClH/c1-17(8-10-4-2-3-7-15-10)13(18)11-9-19-12(16-11)5-6-14;;/h2-4,7,9H,5-6,8,14H2,1H3;2*1H. The minimum absolute atomic E-state index is 0. The maximum atomic E-state index is 12.2. The molecule has 2 aromatic heterocycles. The van der Waals surface area contributed by atoms with Gasteiger partial charge in [0.1, 0.15) is 5.69 Å². The molecule has 0 unspecified atom stereocenters. The molecule has 0 aliphatic carbocycles. The van der Waals surface area contributed by atoms with Crippen LogP contribution in [-0.4, -0.2) is 34.4 Å². The van der Waals surface area contributed by atoms with Gasteiger partial charge in [0.2, 0.25) is 0 Å². The number of nitrogens with two attached hydrogens (primary N) is 1. The highest BCUT2D eigenvalue weighted by Gasteiger charge is 2.15. The molecule has 0 atom stereocenters. The van der Waals surface area contributed by atoms with Gasteiger partial charge in [-0.25, -0.2) is 4.98 Å². The van der Waals surface area contributed by atoms with Crippen LogP contribution in [0.5, 0.6) is 0 Å². The van der Waals surface area contributed by atoms with E-state index in [1.165, 1.54) is 11.3 Å². The van der Waals surface area contributed by atoms with Crippen molar-refractivity contribution in [3.63, 3.8) is 0 Å². The maximum absolute atomic E-state index is 12.2. The Morgan fingerprint density at radius 1 is 1.38 bits per heavy atom. The van der Waals surface area contributed by atoms with Gasteiger partial charge in [-0.15, -0.1) is 36.2 Å². The summed E-state index contributed by atoms with van der Waals surface area (Å²) < 4.78 is 0. The number of amides is 1. The highest BCUT2D eigenvalue weighted by Crippen LogP contribution is 2.12. The largest absolute Gasteiger partial charge is 0.334 e. The number of rotatable bonds is 5. The maximum Gasteiger partial charge on any atom is 0.273 e. The first-order valence-corrected chi connectivity index (χ1v) is 6.88. The molecule has 0 aliphatic heterocycles. The molecule has 0 spiro atoms. The van der Waals surface area contributed by atoms with Gasteiger partial charge in [0, 0.05) is 25.0 Å². The van der Waals surface area contributed by atoms with Gasteiger partial charge >= 0.3 is 0 Å². The molecule has 2 heterocycles. The quantitative estimate of drug-likeness (QED) is 0.898. The number of nitrogens with zero attached hydrogens (tertiary/aromatic N) is 3. The van der Waals surface area contributed by atoms with Crippen LogP contribution < -0.4 is 5.73 Å². The van der Waals surface area contributed by atoms with Crippen molar-refractivity contribution in [3.8, 4) is 0 Å². The predicted octanol–water partition coefficient (Wildman–Crippen LogP) is 2.16. The minimum Gasteiger partial charge on any atom is -0.334 e. The molecule has 1 amide bonds. The lowest BCUT2D eigenvalue weighted by Gasteiger charge is -2.15. The number of thiazole rings is 1. The second kappa shape index (κ2) is 9.68. The number of carbonyl (C=O) groups is 1. The smallest absolute Gasteiger partial charge is 0.273 e. The van der Waals surface area contributed by atoms with Crippen molar-refractivity contribution in [1.29, 1.82) is 0 Å². The number of hydrogen-bond donors (Lipinski definition) is 1. The Balaban J connectivity index is 0.00000200. The first-order valence-electron chi connectivity index (χ1n) is 6.00. The molecule has 0 aromatic carbocycles. The van der Waals surface area contributed by atoms with E-state index in [0.717, 1.165) is 10.7 Å². The van der Waals surface area contributed by atoms with Crippen LogP contribution in [0.4, 0.5) is 0 Å². The van der Waals surface area contributed by atoms with Crippen LogP contribution in [0.25, 0.3) is 0 Å². The molecule has 2 N–H and O–H groups in total. The number of halogens is 2. The Kier molecular flexibility index (Phi) is 9.12. The molecule has 2 rings (SSSR count). The molecular formula is C13H18Cl2N4OS.